The lowest BCUT2D eigenvalue weighted by Gasteiger charge is -1.86. The molecule has 0 aromatic rings. The molecule has 1 unspecified atom stereocenters. The van der Waals surface area contributed by atoms with Gasteiger partial charge in [-0.25, -0.2) is 5.84 Å². The number of hydrazine groups is 1. The van der Waals surface area contributed by atoms with E-state index in [1.807, 2.05) is 0 Å². The van der Waals surface area contributed by atoms with Crippen LogP contribution in [0.4, 0.5) is 0 Å². The lowest BCUT2D eigenvalue weighted by Crippen LogP contribution is -2.06. The second-order valence-electron chi connectivity index (χ2n) is 1.79. The first-order chi connectivity index (χ1) is 2.89. The van der Waals surface area contributed by atoms with Gasteiger partial charge in [0.25, 0.3) is 0 Å². The number of fused-ring (bicyclic) bond motifs is 1. The van der Waals surface area contributed by atoms with Crippen LogP contribution in [0.1, 0.15) is 6.42 Å². The van der Waals surface area contributed by atoms with Crippen molar-refractivity contribution >= 4 is 0 Å². The predicted octanol–water partition coefficient (Wildman–Crippen LogP) is -0.168. The van der Waals surface area contributed by atoms with Crippen LogP contribution < -0.4 is 5.84 Å². The summed E-state index contributed by atoms with van der Waals surface area (Å²) in [6.07, 6.45) is 3.34. The summed E-state index contributed by atoms with van der Waals surface area (Å²) >= 11 is 0. The van der Waals surface area contributed by atoms with Crippen molar-refractivity contribution in [3.8, 4) is 0 Å². The minimum Gasteiger partial charge on any atom is -0.304 e. The maximum Gasteiger partial charge on any atom is 0.0892 e. The van der Waals surface area contributed by atoms with E-state index >= 15 is 0 Å². The highest BCUT2D eigenvalue weighted by molar-refractivity contribution is 5.35. The van der Waals surface area contributed by atoms with Crippen LogP contribution in [-0.4, -0.2) is 11.1 Å². The lowest BCUT2D eigenvalue weighted by atomic mass is 10.1. The van der Waals surface area contributed by atoms with Crippen LogP contribution in [0.15, 0.2) is 11.8 Å². The zero-order chi connectivity index (χ0) is 4.15. The molecule has 0 bridgehead atoms. The Morgan fingerprint density at radius 3 is 2.67 bits per heavy atom. The third-order valence-corrected chi connectivity index (χ3v) is 1.46. The summed E-state index contributed by atoms with van der Waals surface area (Å²) in [6.45, 7) is 0. The SMILES string of the molecule is NN1C2=CCC21. The minimum atomic E-state index is 0.671. The molecule has 1 saturated heterocycles. The van der Waals surface area contributed by atoms with E-state index in [-0.39, 0.29) is 0 Å². The van der Waals surface area contributed by atoms with Crippen molar-refractivity contribution < 1.29 is 0 Å². The zero-order valence-corrected chi connectivity index (χ0v) is 3.39. The molecule has 1 atom stereocenters. The van der Waals surface area contributed by atoms with E-state index in [0.29, 0.717) is 6.04 Å². The standard InChI is InChI=1S/C4H6N2/c5-6-3-1-2-4(3)6/h1,4H,2,5H2. The van der Waals surface area contributed by atoms with Crippen LogP contribution in [0.5, 0.6) is 0 Å². The fourth-order valence-corrected chi connectivity index (χ4v) is 0.819. The molecule has 0 radical (unpaired) electrons. The topological polar surface area (TPSA) is 29.0 Å². The normalized spacial score (nSPS) is 37.2. The predicted molar refractivity (Wildman–Crippen MR) is 22.5 cm³/mol. The first-order valence-corrected chi connectivity index (χ1v) is 2.13. The van der Waals surface area contributed by atoms with Crippen molar-refractivity contribution in [3.63, 3.8) is 0 Å². The summed E-state index contributed by atoms with van der Waals surface area (Å²) < 4.78 is 0. The Kier molecular flexibility index (Phi) is 0.220. The number of hydrogen-bond donors (Lipinski definition) is 1. The average Bonchev–Trinajstić information content (AvgIpc) is 1.63. The summed E-state index contributed by atoms with van der Waals surface area (Å²) in [5, 5.41) is 1.81. The van der Waals surface area contributed by atoms with Gasteiger partial charge in [-0.2, -0.15) is 0 Å². The molecule has 2 rings (SSSR count). The van der Waals surface area contributed by atoms with Crippen LogP contribution in [0.25, 0.3) is 0 Å². The molecular weight excluding hydrogens is 76.1 g/mol. The van der Waals surface area contributed by atoms with E-state index in [9.17, 15) is 0 Å². The molecule has 2 nitrogen and oxygen atoms in total. The van der Waals surface area contributed by atoms with Crippen LogP contribution in [0.2, 0.25) is 0 Å². The highest BCUT2D eigenvalue weighted by atomic mass is 15.5. The quantitative estimate of drug-likeness (QED) is 0.325. The van der Waals surface area contributed by atoms with Crippen molar-refractivity contribution in [3.05, 3.63) is 11.8 Å². The molecule has 2 aliphatic rings. The van der Waals surface area contributed by atoms with Crippen LogP contribution in [0, 0.1) is 0 Å². The van der Waals surface area contributed by atoms with Gasteiger partial charge in [0.1, 0.15) is 0 Å². The molecule has 6 heavy (non-hydrogen) atoms. The van der Waals surface area contributed by atoms with Crippen molar-refractivity contribution in [2.45, 2.75) is 12.5 Å². The number of hydrogen-bond acceptors (Lipinski definition) is 2. The number of rotatable bonds is 0. The van der Waals surface area contributed by atoms with Crippen LogP contribution in [-0.2, 0) is 0 Å². The van der Waals surface area contributed by atoms with Crippen LogP contribution >= 0.6 is 0 Å². The molecule has 0 spiro atoms. The Bertz CT molecular complexity index is 111. The monoisotopic (exact) mass is 82.1 g/mol. The molecule has 1 fully saturated rings. The summed E-state index contributed by atoms with van der Waals surface area (Å²) in [6, 6.07) is 0.671. The largest absolute Gasteiger partial charge is 0.304 e. The maximum atomic E-state index is 5.34. The molecule has 1 heterocycles. The maximum absolute atomic E-state index is 5.34. The van der Waals surface area contributed by atoms with Gasteiger partial charge in [-0.1, -0.05) is 6.08 Å². The van der Waals surface area contributed by atoms with Crippen molar-refractivity contribution in [2.75, 3.05) is 0 Å². The van der Waals surface area contributed by atoms with Crippen molar-refractivity contribution in [1.82, 2.24) is 5.01 Å². The van der Waals surface area contributed by atoms with E-state index < -0.39 is 0 Å². The minimum absolute atomic E-state index is 0.671. The molecule has 2 N–H and O–H groups in total. The summed E-state index contributed by atoms with van der Waals surface area (Å²) in [5.41, 5.74) is 1.34. The summed E-state index contributed by atoms with van der Waals surface area (Å²) in [5.74, 6) is 5.34. The van der Waals surface area contributed by atoms with Gasteiger partial charge in [0.15, 0.2) is 0 Å². The van der Waals surface area contributed by atoms with Gasteiger partial charge >= 0.3 is 0 Å². The van der Waals surface area contributed by atoms with Gasteiger partial charge in [0.05, 0.1) is 11.7 Å². The summed E-state index contributed by atoms with van der Waals surface area (Å²) in [7, 11) is 0. The Labute approximate surface area is 36.2 Å². The lowest BCUT2D eigenvalue weighted by molar-refractivity contribution is 0.566. The van der Waals surface area contributed by atoms with Crippen LogP contribution in [0.3, 0.4) is 0 Å². The second-order valence-corrected chi connectivity index (χ2v) is 1.79. The van der Waals surface area contributed by atoms with E-state index in [1.165, 1.54) is 12.1 Å². The fraction of sp³-hybridized carbons (Fsp3) is 0.500. The first kappa shape index (κ1) is 2.64. The van der Waals surface area contributed by atoms with Gasteiger partial charge in [-0.15, -0.1) is 0 Å². The fourth-order valence-electron chi connectivity index (χ4n) is 0.819. The number of nitrogens with zero attached hydrogens (tertiary/aromatic N) is 1. The smallest absolute Gasteiger partial charge is 0.0892 e. The first-order valence-electron chi connectivity index (χ1n) is 2.13. The Balaban J connectivity index is 2.37. The zero-order valence-electron chi connectivity index (χ0n) is 3.39. The van der Waals surface area contributed by atoms with E-state index in [2.05, 4.69) is 6.08 Å². The molecule has 0 saturated carbocycles. The Morgan fingerprint density at radius 1 is 2.00 bits per heavy atom. The molecule has 0 aromatic carbocycles. The van der Waals surface area contributed by atoms with Gasteiger partial charge in [-0.05, 0) is 6.42 Å². The molecule has 1 aliphatic heterocycles. The molecular formula is C4H6N2. The molecule has 1 aliphatic carbocycles. The van der Waals surface area contributed by atoms with Gasteiger partial charge in [-0.3, -0.25) is 0 Å². The average molecular weight is 82.1 g/mol. The third kappa shape index (κ3) is 0.104. The van der Waals surface area contributed by atoms with Gasteiger partial charge in [0, 0.05) is 0 Å². The van der Waals surface area contributed by atoms with E-state index in [0.717, 1.165) is 0 Å². The van der Waals surface area contributed by atoms with E-state index in [1.54, 1.807) is 5.01 Å². The molecule has 0 amide bonds. The van der Waals surface area contributed by atoms with Crippen molar-refractivity contribution in [1.29, 1.82) is 0 Å². The Hall–Kier alpha value is -0.500. The molecule has 32 valence electrons. The second kappa shape index (κ2) is 0.500. The summed E-state index contributed by atoms with van der Waals surface area (Å²) in [4.78, 5) is 0. The number of nitrogens with two attached hydrogens (primary N) is 1. The highest BCUT2D eigenvalue weighted by Crippen LogP contribution is 2.40. The van der Waals surface area contributed by atoms with Gasteiger partial charge in [0.2, 0.25) is 0 Å². The molecule has 2 heteroatoms. The molecule has 0 aromatic heterocycles. The third-order valence-electron chi connectivity index (χ3n) is 1.46. The van der Waals surface area contributed by atoms with Crippen molar-refractivity contribution in [2.24, 2.45) is 5.84 Å². The van der Waals surface area contributed by atoms with E-state index in [4.69, 9.17) is 5.84 Å². The Morgan fingerprint density at radius 2 is 2.67 bits per heavy atom. The highest BCUT2D eigenvalue weighted by Gasteiger charge is 2.43. The van der Waals surface area contributed by atoms with Gasteiger partial charge < -0.3 is 5.01 Å².